The molecule has 2 rings (SSSR count). The van der Waals surface area contributed by atoms with E-state index in [-0.39, 0.29) is 11.3 Å². The average molecular weight is 181 g/mol. The van der Waals surface area contributed by atoms with Gasteiger partial charge in [-0.1, -0.05) is 27.2 Å². The van der Waals surface area contributed by atoms with Gasteiger partial charge in [-0.3, -0.25) is 4.79 Å². The van der Waals surface area contributed by atoms with E-state index in [0.29, 0.717) is 12.0 Å². The minimum absolute atomic E-state index is 0.120. The van der Waals surface area contributed by atoms with Crippen LogP contribution in [0.5, 0.6) is 0 Å². The first-order valence-corrected chi connectivity index (χ1v) is 5.33. The van der Waals surface area contributed by atoms with Crippen LogP contribution in [0.25, 0.3) is 0 Å². The van der Waals surface area contributed by atoms with Gasteiger partial charge in [-0.2, -0.15) is 0 Å². The Hall–Kier alpha value is -0.530. The SMILES string of the molecule is CC1CCC2C(C1)NC(=O)C2(C)C. The quantitative estimate of drug-likeness (QED) is 0.608. The Balaban J connectivity index is 2.18. The van der Waals surface area contributed by atoms with Crippen LogP contribution in [0.3, 0.4) is 0 Å². The molecule has 3 atom stereocenters. The molecule has 0 bridgehead atoms. The van der Waals surface area contributed by atoms with Crippen molar-refractivity contribution in [1.29, 1.82) is 0 Å². The molecular formula is C11H19NO. The molecule has 0 radical (unpaired) electrons. The maximum absolute atomic E-state index is 11.7. The standard InChI is InChI=1S/C11H19NO/c1-7-4-5-8-9(6-7)12-10(13)11(8,2)3/h7-9H,4-6H2,1-3H3,(H,12,13). The number of amides is 1. The fraction of sp³-hybridized carbons (Fsp3) is 0.909. The summed E-state index contributed by atoms with van der Waals surface area (Å²) in [5.74, 6) is 1.63. The van der Waals surface area contributed by atoms with Gasteiger partial charge in [0.05, 0.1) is 0 Å². The van der Waals surface area contributed by atoms with Crippen molar-refractivity contribution in [3.05, 3.63) is 0 Å². The van der Waals surface area contributed by atoms with Crippen LogP contribution in [0.1, 0.15) is 40.0 Å². The molecule has 0 aromatic carbocycles. The molecule has 1 saturated carbocycles. The summed E-state index contributed by atoms with van der Waals surface area (Å²) in [6.45, 7) is 6.46. The highest BCUT2D eigenvalue weighted by Gasteiger charge is 2.49. The number of carbonyl (C=O) groups excluding carboxylic acids is 1. The number of hydrogen-bond acceptors (Lipinski definition) is 1. The van der Waals surface area contributed by atoms with Gasteiger partial charge in [-0.05, 0) is 24.7 Å². The normalized spacial score (nSPS) is 42.7. The summed E-state index contributed by atoms with van der Waals surface area (Å²) in [5.41, 5.74) is -0.120. The van der Waals surface area contributed by atoms with Crippen LogP contribution in [0.15, 0.2) is 0 Å². The zero-order chi connectivity index (χ0) is 9.64. The van der Waals surface area contributed by atoms with Crippen LogP contribution in [0.4, 0.5) is 0 Å². The summed E-state index contributed by atoms with van der Waals surface area (Å²) in [4.78, 5) is 11.7. The molecular weight excluding hydrogens is 162 g/mol. The van der Waals surface area contributed by atoms with Gasteiger partial charge >= 0.3 is 0 Å². The zero-order valence-corrected chi connectivity index (χ0v) is 8.76. The molecule has 1 aliphatic carbocycles. The van der Waals surface area contributed by atoms with Crippen molar-refractivity contribution in [2.45, 2.75) is 46.1 Å². The minimum atomic E-state index is -0.120. The first kappa shape index (κ1) is 9.04. The highest BCUT2D eigenvalue weighted by molar-refractivity contribution is 5.85. The first-order chi connectivity index (χ1) is 6.01. The molecule has 74 valence electrons. The van der Waals surface area contributed by atoms with E-state index in [1.165, 1.54) is 19.3 Å². The summed E-state index contributed by atoms with van der Waals surface area (Å²) in [7, 11) is 0. The van der Waals surface area contributed by atoms with Gasteiger partial charge in [0.2, 0.25) is 5.91 Å². The van der Waals surface area contributed by atoms with E-state index in [0.717, 1.165) is 5.92 Å². The van der Waals surface area contributed by atoms with E-state index in [2.05, 4.69) is 26.1 Å². The van der Waals surface area contributed by atoms with Gasteiger partial charge in [0.15, 0.2) is 0 Å². The number of fused-ring (bicyclic) bond motifs is 1. The topological polar surface area (TPSA) is 29.1 Å². The van der Waals surface area contributed by atoms with Gasteiger partial charge < -0.3 is 5.32 Å². The van der Waals surface area contributed by atoms with Gasteiger partial charge in [-0.25, -0.2) is 0 Å². The summed E-state index contributed by atoms with van der Waals surface area (Å²) in [6.07, 6.45) is 3.69. The number of nitrogens with one attached hydrogen (secondary N) is 1. The molecule has 1 aliphatic heterocycles. The lowest BCUT2D eigenvalue weighted by molar-refractivity contribution is -0.127. The third kappa shape index (κ3) is 1.27. The van der Waals surface area contributed by atoms with E-state index in [1.807, 2.05) is 0 Å². The Morgan fingerprint density at radius 1 is 1.38 bits per heavy atom. The molecule has 2 nitrogen and oxygen atoms in total. The van der Waals surface area contributed by atoms with Gasteiger partial charge in [0, 0.05) is 11.5 Å². The van der Waals surface area contributed by atoms with Crippen LogP contribution >= 0.6 is 0 Å². The third-order valence-electron chi connectivity index (χ3n) is 3.94. The molecule has 0 aromatic rings. The van der Waals surface area contributed by atoms with Gasteiger partial charge in [0.25, 0.3) is 0 Å². The van der Waals surface area contributed by atoms with E-state index in [9.17, 15) is 4.79 Å². The second-order valence-electron chi connectivity index (χ2n) is 5.33. The van der Waals surface area contributed by atoms with Crippen molar-refractivity contribution in [2.75, 3.05) is 0 Å². The highest BCUT2D eigenvalue weighted by Crippen LogP contribution is 2.44. The summed E-state index contributed by atoms with van der Waals surface area (Å²) in [6, 6.07) is 0.464. The number of hydrogen-bond donors (Lipinski definition) is 1. The van der Waals surface area contributed by atoms with E-state index >= 15 is 0 Å². The Kier molecular flexibility index (Phi) is 1.90. The Bertz CT molecular complexity index is 234. The zero-order valence-electron chi connectivity index (χ0n) is 8.76. The Morgan fingerprint density at radius 2 is 2.08 bits per heavy atom. The van der Waals surface area contributed by atoms with Crippen molar-refractivity contribution in [3.8, 4) is 0 Å². The maximum Gasteiger partial charge on any atom is 0.226 e. The van der Waals surface area contributed by atoms with Crippen molar-refractivity contribution in [1.82, 2.24) is 5.32 Å². The van der Waals surface area contributed by atoms with Crippen LogP contribution in [0.2, 0.25) is 0 Å². The smallest absolute Gasteiger partial charge is 0.226 e. The van der Waals surface area contributed by atoms with Crippen LogP contribution in [-0.2, 0) is 4.79 Å². The molecule has 1 saturated heterocycles. The molecule has 1 heterocycles. The van der Waals surface area contributed by atoms with Crippen LogP contribution in [-0.4, -0.2) is 11.9 Å². The fourth-order valence-electron chi connectivity index (χ4n) is 2.93. The third-order valence-corrected chi connectivity index (χ3v) is 3.94. The molecule has 3 unspecified atom stereocenters. The Morgan fingerprint density at radius 3 is 2.77 bits per heavy atom. The summed E-state index contributed by atoms with van der Waals surface area (Å²) in [5, 5.41) is 3.14. The van der Waals surface area contributed by atoms with E-state index in [4.69, 9.17) is 0 Å². The molecule has 1 N–H and O–H groups in total. The second-order valence-corrected chi connectivity index (χ2v) is 5.33. The monoisotopic (exact) mass is 181 g/mol. The first-order valence-electron chi connectivity index (χ1n) is 5.33. The lowest BCUT2D eigenvalue weighted by Crippen LogP contribution is -2.34. The van der Waals surface area contributed by atoms with Gasteiger partial charge in [-0.15, -0.1) is 0 Å². The minimum Gasteiger partial charge on any atom is -0.353 e. The molecule has 2 fully saturated rings. The summed E-state index contributed by atoms with van der Waals surface area (Å²) < 4.78 is 0. The van der Waals surface area contributed by atoms with Crippen molar-refractivity contribution in [2.24, 2.45) is 17.3 Å². The molecule has 0 spiro atoms. The maximum atomic E-state index is 11.7. The molecule has 1 amide bonds. The van der Waals surface area contributed by atoms with Crippen molar-refractivity contribution < 1.29 is 4.79 Å². The van der Waals surface area contributed by atoms with Gasteiger partial charge in [0.1, 0.15) is 0 Å². The van der Waals surface area contributed by atoms with E-state index < -0.39 is 0 Å². The molecule has 0 aromatic heterocycles. The predicted molar refractivity (Wildman–Crippen MR) is 52.2 cm³/mol. The van der Waals surface area contributed by atoms with Crippen LogP contribution in [0, 0.1) is 17.3 Å². The largest absolute Gasteiger partial charge is 0.353 e. The predicted octanol–water partition coefficient (Wildman–Crippen LogP) is 1.95. The van der Waals surface area contributed by atoms with Crippen molar-refractivity contribution >= 4 is 5.91 Å². The fourth-order valence-corrected chi connectivity index (χ4v) is 2.93. The molecule has 13 heavy (non-hydrogen) atoms. The second kappa shape index (κ2) is 2.73. The lowest BCUT2D eigenvalue weighted by atomic mass is 9.69. The van der Waals surface area contributed by atoms with Crippen molar-refractivity contribution in [3.63, 3.8) is 0 Å². The average Bonchev–Trinajstić information content (AvgIpc) is 2.23. The summed E-state index contributed by atoms with van der Waals surface area (Å²) >= 11 is 0. The Labute approximate surface area is 80.1 Å². The van der Waals surface area contributed by atoms with Crippen LogP contribution < -0.4 is 5.32 Å². The highest BCUT2D eigenvalue weighted by atomic mass is 16.2. The van der Waals surface area contributed by atoms with E-state index in [1.54, 1.807) is 0 Å². The lowest BCUT2D eigenvalue weighted by Gasteiger charge is -2.34. The number of carbonyl (C=O) groups is 1. The molecule has 2 aliphatic rings. The molecule has 2 heteroatoms. The number of rotatable bonds is 0.